The van der Waals surface area contributed by atoms with E-state index in [0.29, 0.717) is 10.8 Å². The van der Waals surface area contributed by atoms with Gasteiger partial charge in [-0.3, -0.25) is 0 Å². The summed E-state index contributed by atoms with van der Waals surface area (Å²) in [6.45, 7) is 0. The highest BCUT2D eigenvalue weighted by molar-refractivity contribution is 7.66. The van der Waals surface area contributed by atoms with Crippen LogP contribution in [0.4, 0.5) is 0 Å². The van der Waals surface area contributed by atoms with Crippen molar-refractivity contribution in [1.82, 2.24) is 0 Å². The number of esters is 1. The Morgan fingerprint density at radius 1 is 1.38 bits per heavy atom. The first kappa shape index (κ1) is 9.95. The molecule has 0 fully saturated rings. The van der Waals surface area contributed by atoms with Crippen LogP contribution in [0.2, 0.25) is 5.02 Å². The Hall–Kier alpha value is -1.13. The molecule has 0 atom stereocenters. The summed E-state index contributed by atoms with van der Waals surface area (Å²) in [4.78, 5) is 10.8. The summed E-state index contributed by atoms with van der Waals surface area (Å²) in [7, 11) is 0. The smallest absolute Gasteiger partial charge is 0.349 e. The van der Waals surface area contributed by atoms with Gasteiger partial charge in [0.25, 0.3) is 0 Å². The van der Waals surface area contributed by atoms with Gasteiger partial charge in [0, 0.05) is 5.02 Å². The van der Waals surface area contributed by atoms with Gasteiger partial charge in [0.2, 0.25) is 0 Å². The van der Waals surface area contributed by atoms with Gasteiger partial charge < -0.3 is 4.74 Å². The van der Waals surface area contributed by atoms with Gasteiger partial charge in [-0.1, -0.05) is 11.6 Å². The van der Waals surface area contributed by atoms with E-state index in [9.17, 15) is 9.00 Å². The van der Waals surface area contributed by atoms with Crippen molar-refractivity contribution in [2.24, 2.45) is 0 Å². The molecule has 0 aliphatic rings. The number of benzene rings is 1. The maximum atomic E-state index is 10.8. The molecule has 0 amide bonds. The van der Waals surface area contributed by atoms with E-state index in [0.717, 1.165) is 5.37 Å². The third-order valence-electron chi connectivity index (χ3n) is 1.18. The molecule has 0 bridgehead atoms. The lowest BCUT2D eigenvalue weighted by Gasteiger charge is -1.98. The number of carbonyl (C=O) groups excluding carboxylic acids is 1. The number of rotatable bonds is 2. The van der Waals surface area contributed by atoms with Crippen molar-refractivity contribution in [1.29, 1.82) is 0 Å². The quantitative estimate of drug-likeness (QED) is 0.425. The fourth-order valence-electron chi connectivity index (χ4n) is 0.682. The van der Waals surface area contributed by atoms with Crippen LogP contribution in [0.3, 0.4) is 0 Å². The van der Waals surface area contributed by atoms with E-state index in [1.807, 2.05) is 0 Å². The van der Waals surface area contributed by atoms with E-state index in [1.54, 1.807) is 24.3 Å². The molecule has 13 heavy (non-hydrogen) atoms. The maximum Gasteiger partial charge on any atom is 0.349 e. The molecule has 1 aromatic rings. The molecule has 0 radical (unpaired) electrons. The zero-order valence-electron chi connectivity index (χ0n) is 6.40. The molecule has 68 valence electrons. The molecule has 0 aliphatic carbocycles. The number of ether oxygens (including phenoxy) is 1. The van der Waals surface area contributed by atoms with Crippen LogP contribution in [0.15, 0.2) is 24.3 Å². The predicted octanol–water partition coefficient (Wildman–Crippen LogP) is 1.26. The summed E-state index contributed by atoms with van der Waals surface area (Å²) in [5.41, 5.74) is 0. The van der Waals surface area contributed by atoms with Gasteiger partial charge in [0.1, 0.15) is 11.1 Å². The number of hydrogen-bond donors (Lipinski definition) is 0. The van der Waals surface area contributed by atoms with E-state index < -0.39 is 5.97 Å². The Labute approximate surface area is 83.3 Å². The van der Waals surface area contributed by atoms with Crippen LogP contribution >= 0.6 is 11.6 Å². The van der Waals surface area contributed by atoms with E-state index >= 15 is 0 Å². The van der Waals surface area contributed by atoms with Crippen molar-refractivity contribution >= 4 is 34.2 Å². The minimum Gasteiger partial charge on any atom is -0.423 e. The van der Waals surface area contributed by atoms with Crippen LogP contribution in [-0.4, -0.2) is 15.5 Å². The molecule has 0 saturated carbocycles. The van der Waals surface area contributed by atoms with Gasteiger partial charge in [-0.05, 0) is 24.3 Å². The monoisotopic (exact) mass is 216 g/mol. The summed E-state index contributed by atoms with van der Waals surface area (Å²) in [6, 6.07) is 6.27. The second-order valence-corrected chi connectivity index (χ2v) is 2.95. The lowest BCUT2D eigenvalue weighted by molar-refractivity contribution is -0.126. The molecule has 1 rings (SSSR count). The molecule has 0 unspecified atom stereocenters. The van der Waals surface area contributed by atoms with E-state index in [4.69, 9.17) is 16.3 Å². The standard InChI is InChI=1S/C8H5ClO3S/c9-6-1-3-7(4-2-6)12-8(10)5-13-11/h1-5H. The highest BCUT2D eigenvalue weighted by Crippen LogP contribution is 2.15. The Morgan fingerprint density at radius 2 is 2.00 bits per heavy atom. The van der Waals surface area contributed by atoms with Crippen LogP contribution < -0.4 is 4.74 Å². The first-order valence-corrected chi connectivity index (χ1v) is 4.50. The summed E-state index contributed by atoms with van der Waals surface area (Å²) in [5.74, 6) is -0.318. The van der Waals surface area contributed by atoms with Crippen LogP contribution in [0.5, 0.6) is 5.75 Å². The SMILES string of the molecule is O=S=CC(=O)Oc1ccc(Cl)cc1. The molecule has 5 heteroatoms. The topological polar surface area (TPSA) is 43.4 Å². The zero-order valence-corrected chi connectivity index (χ0v) is 7.97. The Bertz CT molecular complexity index is 354. The summed E-state index contributed by atoms with van der Waals surface area (Å²) in [6.07, 6.45) is 0. The molecule has 0 spiro atoms. The van der Waals surface area contributed by atoms with Crippen LogP contribution in [0, 0.1) is 0 Å². The molecule has 0 N–H and O–H groups in total. The van der Waals surface area contributed by atoms with E-state index in [-0.39, 0.29) is 11.3 Å². The second kappa shape index (κ2) is 4.79. The van der Waals surface area contributed by atoms with Crippen molar-refractivity contribution in [2.45, 2.75) is 0 Å². The average Bonchev–Trinajstić information content (AvgIpc) is 2.09. The molecule has 0 aliphatic heterocycles. The highest BCUT2D eigenvalue weighted by Gasteiger charge is 1.99. The predicted molar refractivity (Wildman–Crippen MR) is 51.3 cm³/mol. The summed E-state index contributed by atoms with van der Waals surface area (Å²) >= 11 is 5.66. The lowest BCUT2D eigenvalue weighted by Crippen LogP contribution is -2.08. The Morgan fingerprint density at radius 3 is 2.54 bits per heavy atom. The molecule has 1 aromatic carbocycles. The highest BCUT2D eigenvalue weighted by atomic mass is 35.5. The number of carbonyl (C=O) groups is 1. The molecule has 0 saturated heterocycles. The second-order valence-electron chi connectivity index (χ2n) is 2.09. The van der Waals surface area contributed by atoms with E-state index in [2.05, 4.69) is 0 Å². The minimum atomic E-state index is -0.678. The molecule has 3 nitrogen and oxygen atoms in total. The van der Waals surface area contributed by atoms with Crippen molar-refractivity contribution in [3.05, 3.63) is 29.3 Å². The minimum absolute atomic E-state index is 0.0565. The number of hydrogen-bond acceptors (Lipinski definition) is 3. The van der Waals surface area contributed by atoms with Gasteiger partial charge in [-0.2, -0.15) is 0 Å². The largest absolute Gasteiger partial charge is 0.423 e. The molecule has 0 heterocycles. The first-order chi connectivity index (χ1) is 6.22. The average molecular weight is 217 g/mol. The van der Waals surface area contributed by atoms with Crippen molar-refractivity contribution < 1.29 is 13.7 Å². The van der Waals surface area contributed by atoms with Gasteiger partial charge in [0.05, 0.1) is 11.3 Å². The Kier molecular flexibility index (Phi) is 3.67. The maximum absolute atomic E-state index is 10.8. The van der Waals surface area contributed by atoms with Crippen molar-refractivity contribution in [3.8, 4) is 5.75 Å². The fourth-order valence-corrected chi connectivity index (χ4v) is 0.935. The zero-order chi connectivity index (χ0) is 9.68. The van der Waals surface area contributed by atoms with Crippen molar-refractivity contribution in [3.63, 3.8) is 0 Å². The van der Waals surface area contributed by atoms with Crippen LogP contribution in [-0.2, 0) is 16.1 Å². The van der Waals surface area contributed by atoms with Crippen molar-refractivity contribution in [2.75, 3.05) is 0 Å². The van der Waals surface area contributed by atoms with Crippen LogP contribution in [0.1, 0.15) is 0 Å². The first-order valence-electron chi connectivity index (χ1n) is 3.31. The van der Waals surface area contributed by atoms with Gasteiger partial charge in [-0.25, -0.2) is 9.00 Å². The third-order valence-corrected chi connectivity index (χ3v) is 1.72. The summed E-state index contributed by atoms with van der Waals surface area (Å²) < 4.78 is 14.7. The van der Waals surface area contributed by atoms with E-state index in [1.165, 1.54) is 0 Å². The summed E-state index contributed by atoms with van der Waals surface area (Å²) in [5, 5.41) is 1.40. The van der Waals surface area contributed by atoms with Gasteiger partial charge in [0.15, 0.2) is 0 Å². The van der Waals surface area contributed by atoms with Gasteiger partial charge >= 0.3 is 5.97 Å². The molecule has 0 aromatic heterocycles. The van der Waals surface area contributed by atoms with Gasteiger partial charge in [-0.15, -0.1) is 0 Å². The third kappa shape index (κ3) is 3.40. The van der Waals surface area contributed by atoms with Crippen LogP contribution in [0.25, 0.3) is 0 Å². The normalized spacial score (nSPS) is 9.00. The fraction of sp³-hybridized carbons (Fsp3) is 0. The lowest BCUT2D eigenvalue weighted by atomic mass is 10.3. The number of halogens is 1. The molecular weight excluding hydrogens is 212 g/mol. The molecular formula is C8H5ClO3S. The Balaban J connectivity index is 2.69.